The van der Waals surface area contributed by atoms with E-state index < -0.39 is 21.2 Å². The molecule has 0 spiro atoms. The van der Waals surface area contributed by atoms with Crippen LogP contribution in [0.25, 0.3) is 0 Å². The van der Waals surface area contributed by atoms with Gasteiger partial charge >= 0.3 is 0 Å². The van der Waals surface area contributed by atoms with Gasteiger partial charge in [0.1, 0.15) is 5.75 Å². The molecule has 1 aliphatic rings. The summed E-state index contributed by atoms with van der Waals surface area (Å²) in [7, 11) is -3.35. The highest BCUT2D eigenvalue weighted by molar-refractivity contribution is 7.92. The molecule has 1 amide bonds. The van der Waals surface area contributed by atoms with Crippen molar-refractivity contribution in [2.45, 2.75) is 37.0 Å². The molecule has 0 bridgehead atoms. The van der Waals surface area contributed by atoms with Crippen LogP contribution in [-0.4, -0.2) is 25.7 Å². The predicted octanol–water partition coefficient (Wildman–Crippen LogP) is 1.59. The van der Waals surface area contributed by atoms with Crippen LogP contribution in [0.3, 0.4) is 0 Å². The summed E-state index contributed by atoms with van der Waals surface area (Å²) in [5, 5.41) is 2.13. The van der Waals surface area contributed by atoms with Crippen molar-refractivity contribution in [3.05, 3.63) is 18.2 Å². The smallest absolute Gasteiger partial charge is 0.265 e. The van der Waals surface area contributed by atoms with E-state index in [0.717, 1.165) is 0 Å². The van der Waals surface area contributed by atoms with Crippen LogP contribution in [0.15, 0.2) is 23.1 Å². The number of hydrogen-bond acceptors (Lipinski definition) is 4. The number of sulfone groups is 1. The minimum absolute atomic E-state index is 0.190. The number of anilines is 1. The van der Waals surface area contributed by atoms with Crippen molar-refractivity contribution in [1.29, 1.82) is 0 Å². The maximum Gasteiger partial charge on any atom is 0.265 e. The van der Waals surface area contributed by atoms with Crippen molar-refractivity contribution in [2.75, 3.05) is 5.32 Å². The second-order valence-electron chi connectivity index (χ2n) is 4.50. The maximum atomic E-state index is 12.0. The number of rotatable bonds is 2. The van der Waals surface area contributed by atoms with E-state index in [-0.39, 0.29) is 10.8 Å². The Kier molecular flexibility index (Phi) is 3.06. The molecule has 18 heavy (non-hydrogen) atoms. The summed E-state index contributed by atoms with van der Waals surface area (Å²) in [6.45, 7) is 4.87. The monoisotopic (exact) mass is 269 g/mol. The third kappa shape index (κ3) is 2.08. The molecule has 1 aromatic rings. The van der Waals surface area contributed by atoms with Gasteiger partial charge < -0.3 is 10.1 Å². The molecule has 6 heteroatoms. The quantitative estimate of drug-likeness (QED) is 0.885. The summed E-state index contributed by atoms with van der Waals surface area (Å²) in [5.74, 6) is 0.214. The van der Waals surface area contributed by atoms with Crippen molar-refractivity contribution in [3.8, 4) is 5.75 Å². The van der Waals surface area contributed by atoms with E-state index in [1.54, 1.807) is 26.8 Å². The van der Waals surface area contributed by atoms with E-state index >= 15 is 0 Å². The summed E-state index contributed by atoms with van der Waals surface area (Å²) in [5.41, 5.74) is 0.403. The number of fused-ring (bicyclic) bond motifs is 1. The second-order valence-corrected chi connectivity index (χ2v) is 7.01. The zero-order valence-corrected chi connectivity index (χ0v) is 11.2. The molecule has 0 radical (unpaired) electrons. The van der Waals surface area contributed by atoms with E-state index in [1.165, 1.54) is 12.1 Å². The molecular formula is C12H15NO4S. The van der Waals surface area contributed by atoms with Gasteiger partial charge in [-0.3, -0.25) is 4.79 Å². The van der Waals surface area contributed by atoms with Gasteiger partial charge in [0.2, 0.25) is 0 Å². The largest absolute Gasteiger partial charge is 0.479 e. The lowest BCUT2D eigenvalue weighted by Crippen LogP contribution is -2.34. The van der Waals surface area contributed by atoms with Gasteiger partial charge in [0, 0.05) is 0 Å². The molecular weight excluding hydrogens is 254 g/mol. The van der Waals surface area contributed by atoms with Gasteiger partial charge in [0.25, 0.3) is 5.91 Å². The maximum absolute atomic E-state index is 12.0. The number of amides is 1. The predicted molar refractivity (Wildman–Crippen MR) is 67.5 cm³/mol. The van der Waals surface area contributed by atoms with E-state index in [1.807, 2.05) is 0 Å². The highest BCUT2D eigenvalue weighted by Crippen LogP contribution is 2.32. The van der Waals surface area contributed by atoms with Crippen molar-refractivity contribution < 1.29 is 17.9 Å². The van der Waals surface area contributed by atoms with Gasteiger partial charge in [-0.1, -0.05) is 0 Å². The van der Waals surface area contributed by atoms with Crippen LogP contribution in [0.4, 0.5) is 5.69 Å². The van der Waals surface area contributed by atoms with Crippen molar-refractivity contribution in [2.24, 2.45) is 0 Å². The fourth-order valence-corrected chi connectivity index (χ4v) is 2.72. The normalized spacial score (nSPS) is 19.1. The van der Waals surface area contributed by atoms with Gasteiger partial charge in [-0.15, -0.1) is 0 Å². The first kappa shape index (κ1) is 12.9. The molecule has 0 fully saturated rings. The van der Waals surface area contributed by atoms with E-state index in [4.69, 9.17) is 4.74 Å². The molecule has 0 saturated heterocycles. The summed E-state index contributed by atoms with van der Waals surface area (Å²) in [6, 6.07) is 4.51. The Balaban J connectivity index is 2.46. The lowest BCUT2D eigenvalue weighted by molar-refractivity contribution is -0.122. The van der Waals surface area contributed by atoms with Crippen molar-refractivity contribution in [1.82, 2.24) is 0 Å². The SMILES string of the molecule is CC1Oc2ccc(S(=O)(=O)C(C)C)cc2NC1=O. The minimum atomic E-state index is -3.35. The summed E-state index contributed by atoms with van der Waals surface area (Å²) >= 11 is 0. The first-order valence-corrected chi connectivity index (χ1v) is 7.22. The molecule has 0 aliphatic carbocycles. The first-order chi connectivity index (χ1) is 8.32. The molecule has 2 rings (SSSR count). The summed E-state index contributed by atoms with van der Waals surface area (Å²) in [4.78, 5) is 11.7. The van der Waals surface area contributed by atoms with Gasteiger partial charge in [0.05, 0.1) is 15.8 Å². The standard InChI is InChI=1S/C12H15NO4S/c1-7(2)18(15,16)9-4-5-11-10(6-9)13-12(14)8(3)17-11/h4-8H,1-3H3,(H,13,14). The van der Waals surface area contributed by atoms with Crippen LogP contribution >= 0.6 is 0 Å². The Hall–Kier alpha value is -1.56. The highest BCUT2D eigenvalue weighted by Gasteiger charge is 2.26. The molecule has 1 heterocycles. The van der Waals surface area contributed by atoms with Crippen LogP contribution < -0.4 is 10.1 Å². The van der Waals surface area contributed by atoms with Crippen LogP contribution in [0.2, 0.25) is 0 Å². The molecule has 0 saturated carbocycles. The third-order valence-electron chi connectivity index (χ3n) is 2.83. The Bertz CT molecular complexity index is 592. The average Bonchev–Trinajstić information content (AvgIpc) is 2.29. The molecule has 1 unspecified atom stereocenters. The van der Waals surface area contributed by atoms with Gasteiger partial charge in [0.15, 0.2) is 15.9 Å². The fraction of sp³-hybridized carbons (Fsp3) is 0.417. The Morgan fingerprint density at radius 3 is 2.61 bits per heavy atom. The second kappa shape index (κ2) is 4.28. The molecule has 0 aromatic heterocycles. The zero-order chi connectivity index (χ0) is 13.5. The lowest BCUT2D eigenvalue weighted by Gasteiger charge is -2.23. The van der Waals surface area contributed by atoms with Crippen LogP contribution in [-0.2, 0) is 14.6 Å². The Morgan fingerprint density at radius 1 is 1.33 bits per heavy atom. The highest BCUT2D eigenvalue weighted by atomic mass is 32.2. The molecule has 1 atom stereocenters. The topological polar surface area (TPSA) is 72.5 Å². The third-order valence-corrected chi connectivity index (χ3v) is 4.98. The van der Waals surface area contributed by atoms with Gasteiger partial charge in [-0.25, -0.2) is 8.42 Å². The average molecular weight is 269 g/mol. The number of carbonyl (C=O) groups is 1. The first-order valence-electron chi connectivity index (χ1n) is 5.68. The molecule has 98 valence electrons. The molecule has 1 N–H and O–H groups in total. The minimum Gasteiger partial charge on any atom is -0.479 e. The number of benzene rings is 1. The van der Waals surface area contributed by atoms with E-state index in [2.05, 4.69) is 5.32 Å². The molecule has 1 aliphatic heterocycles. The van der Waals surface area contributed by atoms with E-state index in [0.29, 0.717) is 11.4 Å². The van der Waals surface area contributed by atoms with Crippen LogP contribution in [0.5, 0.6) is 5.75 Å². The number of ether oxygens (including phenoxy) is 1. The lowest BCUT2D eigenvalue weighted by atomic mass is 10.2. The Morgan fingerprint density at radius 2 is 2.00 bits per heavy atom. The summed E-state index contributed by atoms with van der Waals surface area (Å²) < 4.78 is 29.4. The summed E-state index contributed by atoms with van der Waals surface area (Å²) in [6.07, 6.45) is -0.565. The molecule has 5 nitrogen and oxygen atoms in total. The number of carbonyl (C=O) groups excluding carboxylic acids is 1. The number of hydrogen-bond donors (Lipinski definition) is 1. The van der Waals surface area contributed by atoms with Crippen molar-refractivity contribution in [3.63, 3.8) is 0 Å². The molecule has 1 aromatic carbocycles. The van der Waals surface area contributed by atoms with Gasteiger partial charge in [-0.05, 0) is 39.0 Å². The van der Waals surface area contributed by atoms with Gasteiger partial charge in [-0.2, -0.15) is 0 Å². The number of nitrogens with one attached hydrogen (secondary N) is 1. The van der Waals surface area contributed by atoms with E-state index in [9.17, 15) is 13.2 Å². The zero-order valence-electron chi connectivity index (χ0n) is 10.4. The van der Waals surface area contributed by atoms with Crippen LogP contribution in [0.1, 0.15) is 20.8 Å². The van der Waals surface area contributed by atoms with Crippen LogP contribution in [0, 0.1) is 0 Å². The fourth-order valence-electron chi connectivity index (χ4n) is 1.64. The Labute approximate surface area is 106 Å². The van der Waals surface area contributed by atoms with Crippen molar-refractivity contribution >= 4 is 21.4 Å².